The fourth-order valence-electron chi connectivity index (χ4n) is 7.36. The molecule has 2 heterocycles. The average molecular weight is 488 g/mol. The molecule has 4 aliphatic carbocycles. The first-order chi connectivity index (χ1) is 17.1. The Bertz CT molecular complexity index is 1140. The number of hydrogen-bond donors (Lipinski definition) is 3. The van der Waals surface area contributed by atoms with E-state index in [1.165, 1.54) is 44.1 Å². The van der Waals surface area contributed by atoms with Crippen molar-refractivity contribution in [2.24, 2.45) is 23.2 Å². The Morgan fingerprint density at radius 2 is 1.83 bits per heavy atom. The summed E-state index contributed by atoms with van der Waals surface area (Å²) in [6.45, 7) is 3.82. The smallest absolute Gasteiger partial charge is 0.224 e. The Kier molecular flexibility index (Phi) is 6.50. The van der Waals surface area contributed by atoms with Crippen molar-refractivity contribution in [2.75, 3.05) is 23.7 Å². The van der Waals surface area contributed by atoms with Gasteiger partial charge in [0, 0.05) is 18.4 Å². The Morgan fingerprint density at radius 1 is 1.03 bits per heavy atom. The lowest BCUT2D eigenvalue weighted by molar-refractivity contribution is -0.124. The summed E-state index contributed by atoms with van der Waals surface area (Å²) < 4.78 is 0. The van der Waals surface area contributed by atoms with E-state index in [1.807, 2.05) is 24.3 Å². The van der Waals surface area contributed by atoms with Gasteiger partial charge in [-0.25, -0.2) is 4.98 Å². The molecule has 3 N–H and O–H groups in total. The highest BCUT2D eigenvalue weighted by Gasteiger charge is 2.51. The van der Waals surface area contributed by atoms with Crippen LogP contribution in [0, 0.1) is 29.7 Å². The zero-order chi connectivity index (χ0) is 23.7. The number of anilines is 2. The van der Waals surface area contributed by atoms with E-state index in [4.69, 9.17) is 4.98 Å². The molecule has 0 aliphatic heterocycles. The molecule has 0 atom stereocenters. The first-order valence-corrected chi connectivity index (χ1v) is 14.1. The van der Waals surface area contributed by atoms with E-state index in [-0.39, 0.29) is 11.3 Å². The summed E-state index contributed by atoms with van der Waals surface area (Å²) in [6.07, 6.45) is 9.71. The maximum absolute atomic E-state index is 13.2. The van der Waals surface area contributed by atoms with Crippen molar-refractivity contribution in [2.45, 2.75) is 51.4 Å². The van der Waals surface area contributed by atoms with Crippen LogP contribution in [-0.2, 0) is 4.79 Å². The van der Waals surface area contributed by atoms with Gasteiger partial charge in [-0.1, -0.05) is 6.07 Å². The van der Waals surface area contributed by atoms with Gasteiger partial charge in [-0.15, -0.1) is 0 Å². The molecule has 4 fully saturated rings. The molecule has 2 aromatic heterocycles. The van der Waals surface area contributed by atoms with E-state index in [1.54, 1.807) is 11.3 Å². The normalized spacial score (nSPS) is 26.8. The van der Waals surface area contributed by atoms with Crippen molar-refractivity contribution in [1.29, 1.82) is 0 Å². The van der Waals surface area contributed by atoms with Crippen LogP contribution in [0.4, 0.5) is 11.5 Å². The summed E-state index contributed by atoms with van der Waals surface area (Å²) in [6, 6.07) is 12.2. The monoisotopic (exact) mass is 487 g/mol. The van der Waals surface area contributed by atoms with Crippen LogP contribution in [0.2, 0.25) is 0 Å². The number of nitrogens with zero attached hydrogens (tertiary/aromatic N) is 1. The van der Waals surface area contributed by atoms with E-state index in [0.717, 1.165) is 59.7 Å². The zero-order valence-electron chi connectivity index (χ0n) is 20.3. The van der Waals surface area contributed by atoms with Crippen molar-refractivity contribution in [3.63, 3.8) is 0 Å². The molecule has 4 aliphatic rings. The van der Waals surface area contributed by atoms with Gasteiger partial charge in [0.25, 0.3) is 0 Å². The summed E-state index contributed by atoms with van der Waals surface area (Å²) in [5, 5.41) is 15.2. The molecule has 3 aromatic rings. The summed E-state index contributed by atoms with van der Waals surface area (Å²) in [5.41, 5.74) is 3.27. The highest BCUT2D eigenvalue weighted by atomic mass is 32.1. The molecule has 0 unspecified atom stereocenters. The SMILES string of the molecule is O=C(CC12CC3CC(CC(C3)C1)C2)Nc1cccc2nc(NCCCN[CH]c3ccsc3)ccc12. The Morgan fingerprint density at radius 3 is 2.57 bits per heavy atom. The molecule has 4 bridgehead atoms. The first-order valence-electron chi connectivity index (χ1n) is 13.2. The highest BCUT2D eigenvalue weighted by Crippen LogP contribution is 2.61. The number of nitrogens with one attached hydrogen (secondary N) is 3. The zero-order valence-corrected chi connectivity index (χ0v) is 21.1. The number of amides is 1. The van der Waals surface area contributed by atoms with Gasteiger partial charge in [-0.2, -0.15) is 11.3 Å². The molecule has 183 valence electrons. The largest absolute Gasteiger partial charge is 0.370 e. The van der Waals surface area contributed by atoms with E-state index < -0.39 is 0 Å². The van der Waals surface area contributed by atoms with Gasteiger partial charge in [0.2, 0.25) is 5.91 Å². The number of thiophene rings is 1. The van der Waals surface area contributed by atoms with E-state index in [9.17, 15) is 4.79 Å². The van der Waals surface area contributed by atoms with Crippen LogP contribution in [0.15, 0.2) is 47.2 Å². The first kappa shape index (κ1) is 23.0. The molecule has 0 saturated heterocycles. The molecule has 5 nitrogen and oxygen atoms in total. The number of rotatable bonds is 10. The number of aromatic nitrogens is 1. The third-order valence-corrected chi connectivity index (χ3v) is 9.02. The lowest BCUT2D eigenvalue weighted by Crippen LogP contribution is -2.47. The molecule has 7 rings (SSSR count). The number of hydrogen-bond acceptors (Lipinski definition) is 5. The van der Waals surface area contributed by atoms with Gasteiger partial charge in [-0.05, 0) is 121 Å². The Labute approximate surface area is 212 Å². The number of fused-ring (bicyclic) bond motifs is 1. The van der Waals surface area contributed by atoms with Gasteiger partial charge in [-0.3, -0.25) is 4.79 Å². The van der Waals surface area contributed by atoms with Crippen LogP contribution in [0.5, 0.6) is 0 Å². The second-order valence-corrected chi connectivity index (χ2v) is 11.9. The maximum Gasteiger partial charge on any atom is 0.224 e. The quantitative estimate of drug-likeness (QED) is 0.288. The summed E-state index contributed by atoms with van der Waals surface area (Å²) >= 11 is 1.71. The summed E-state index contributed by atoms with van der Waals surface area (Å²) in [5.74, 6) is 3.66. The maximum atomic E-state index is 13.2. The van der Waals surface area contributed by atoms with Gasteiger partial charge in [0.05, 0.1) is 17.7 Å². The molecule has 1 radical (unpaired) electrons. The molecule has 1 aromatic carbocycles. The van der Waals surface area contributed by atoms with Crippen molar-refractivity contribution in [3.8, 4) is 0 Å². The van der Waals surface area contributed by atoms with Crippen LogP contribution >= 0.6 is 11.3 Å². The van der Waals surface area contributed by atoms with Crippen molar-refractivity contribution in [1.82, 2.24) is 10.3 Å². The summed E-state index contributed by atoms with van der Waals surface area (Å²) in [7, 11) is 0. The third kappa shape index (κ3) is 5.24. The van der Waals surface area contributed by atoms with E-state index >= 15 is 0 Å². The van der Waals surface area contributed by atoms with E-state index in [0.29, 0.717) is 6.42 Å². The second kappa shape index (κ2) is 9.90. The predicted molar refractivity (Wildman–Crippen MR) is 144 cm³/mol. The molecule has 4 saturated carbocycles. The van der Waals surface area contributed by atoms with Gasteiger partial charge < -0.3 is 16.0 Å². The topological polar surface area (TPSA) is 66.0 Å². The van der Waals surface area contributed by atoms with Crippen LogP contribution < -0.4 is 16.0 Å². The number of benzene rings is 1. The molecular weight excluding hydrogens is 452 g/mol. The predicted octanol–water partition coefficient (Wildman–Crippen LogP) is 6.44. The Hall–Kier alpha value is -2.44. The van der Waals surface area contributed by atoms with Crippen LogP contribution in [0.1, 0.15) is 56.9 Å². The second-order valence-electron chi connectivity index (χ2n) is 11.1. The third-order valence-electron chi connectivity index (χ3n) is 8.32. The van der Waals surface area contributed by atoms with Gasteiger partial charge >= 0.3 is 0 Å². The minimum absolute atomic E-state index is 0.174. The molecule has 0 spiro atoms. The fraction of sp³-hybridized carbons (Fsp3) is 0.483. The fourth-order valence-corrected chi connectivity index (χ4v) is 7.98. The molecule has 6 heteroatoms. The average Bonchev–Trinajstić information content (AvgIpc) is 3.34. The molecular formula is C29H35N4OS. The minimum atomic E-state index is 0.174. The number of carbonyl (C=O) groups is 1. The van der Waals surface area contributed by atoms with Crippen molar-refractivity contribution in [3.05, 3.63) is 59.3 Å². The van der Waals surface area contributed by atoms with Crippen molar-refractivity contribution >= 4 is 39.7 Å². The number of carbonyl (C=O) groups excluding carboxylic acids is 1. The summed E-state index contributed by atoms with van der Waals surface area (Å²) in [4.78, 5) is 18.0. The minimum Gasteiger partial charge on any atom is -0.370 e. The van der Waals surface area contributed by atoms with Gasteiger partial charge in [0.15, 0.2) is 0 Å². The number of pyridine rings is 1. The van der Waals surface area contributed by atoms with Crippen molar-refractivity contribution < 1.29 is 4.79 Å². The van der Waals surface area contributed by atoms with Crippen LogP contribution in [0.3, 0.4) is 0 Å². The standard InChI is InChI=1S/C29H35N4OS/c34-28(17-29-14-21-11-22(15-29)13-23(12-21)16-29)33-26-4-1-3-25-24(26)5-6-27(32-25)31-9-2-8-30-18-20-7-10-35-19-20/h1,3-7,10,18-19,21-23,30H,2,8-9,11-17H2,(H,31,32)(H,33,34). The van der Waals surface area contributed by atoms with Crippen LogP contribution in [0.25, 0.3) is 10.9 Å². The van der Waals surface area contributed by atoms with E-state index in [2.05, 4.69) is 45.4 Å². The lowest BCUT2D eigenvalue weighted by atomic mass is 9.49. The van der Waals surface area contributed by atoms with Gasteiger partial charge in [0.1, 0.15) is 5.82 Å². The molecule has 35 heavy (non-hydrogen) atoms. The lowest BCUT2D eigenvalue weighted by Gasteiger charge is -2.56. The molecule has 1 amide bonds. The van der Waals surface area contributed by atoms with Crippen LogP contribution in [-0.4, -0.2) is 24.0 Å². The Balaban J connectivity index is 1.03. The highest BCUT2D eigenvalue weighted by molar-refractivity contribution is 7.08.